The van der Waals surface area contributed by atoms with Crippen LogP contribution < -0.4 is 11.2 Å². The highest BCUT2D eigenvalue weighted by molar-refractivity contribution is 7.79. The summed E-state index contributed by atoms with van der Waals surface area (Å²) in [5, 5.41) is 0. The molecule has 1 aliphatic heterocycles. The molecule has 11 heavy (non-hydrogen) atoms. The highest BCUT2D eigenvalue weighted by Crippen LogP contribution is 1.97. The van der Waals surface area contributed by atoms with E-state index in [-0.39, 0.29) is 0 Å². The first-order valence-corrected chi connectivity index (χ1v) is 4.12. The smallest absolute Gasteiger partial charge is 0.310 e. The van der Waals surface area contributed by atoms with Crippen LogP contribution in [0.2, 0.25) is 0 Å². The first kappa shape index (κ1) is 8.44. The fourth-order valence-electron chi connectivity index (χ4n) is 0.628. The Kier molecular flexibility index (Phi) is 2.80. The molecule has 6 nitrogen and oxygen atoms in total. The van der Waals surface area contributed by atoms with Crippen molar-refractivity contribution >= 4 is 17.2 Å². The Morgan fingerprint density at radius 3 is 3.09 bits per heavy atom. The zero-order valence-corrected chi connectivity index (χ0v) is 6.93. The molecule has 0 aliphatic carbocycles. The average Bonchev–Trinajstić information content (AvgIpc) is 2.36. The van der Waals surface area contributed by atoms with Gasteiger partial charge in [-0.15, -0.1) is 4.40 Å². The summed E-state index contributed by atoms with van der Waals surface area (Å²) in [6.07, 6.45) is 0. The van der Waals surface area contributed by atoms with Crippen molar-refractivity contribution in [3.63, 3.8) is 0 Å². The average molecular weight is 178 g/mol. The second-order valence-electron chi connectivity index (χ2n) is 2.03. The minimum atomic E-state index is -1.58. The van der Waals surface area contributed by atoms with Crippen LogP contribution in [0.3, 0.4) is 0 Å². The lowest BCUT2D eigenvalue weighted by Crippen LogP contribution is -2.38. The number of nitrogens with two attached hydrogens (primary N) is 1. The summed E-state index contributed by atoms with van der Waals surface area (Å²) in [5.74, 6) is 0.453. The lowest BCUT2D eigenvalue weighted by Gasteiger charge is -2.15. The first-order chi connectivity index (χ1) is 5.24. The lowest BCUT2D eigenvalue weighted by atomic mass is 10.6. The minimum Gasteiger partial charge on any atom is -0.342 e. The van der Waals surface area contributed by atoms with Gasteiger partial charge in [0.2, 0.25) is 5.96 Å². The number of hydrogen-bond acceptors (Lipinski definition) is 5. The molecule has 0 aromatic heterocycles. The van der Waals surface area contributed by atoms with E-state index in [0.717, 1.165) is 0 Å². The van der Waals surface area contributed by atoms with Crippen molar-refractivity contribution in [2.45, 2.75) is 0 Å². The molecule has 0 aromatic carbocycles. The van der Waals surface area contributed by atoms with Crippen molar-refractivity contribution in [2.75, 3.05) is 20.1 Å². The van der Waals surface area contributed by atoms with Crippen molar-refractivity contribution in [2.24, 2.45) is 10.1 Å². The van der Waals surface area contributed by atoms with E-state index in [0.29, 0.717) is 19.0 Å². The van der Waals surface area contributed by atoms with Gasteiger partial charge in [0, 0.05) is 20.1 Å². The number of hydroxylamine groups is 1. The summed E-state index contributed by atoms with van der Waals surface area (Å²) >= 11 is -1.58. The van der Waals surface area contributed by atoms with E-state index < -0.39 is 11.3 Å². The predicted molar refractivity (Wildman–Crippen MR) is 41.5 cm³/mol. The van der Waals surface area contributed by atoms with Crippen LogP contribution in [0.15, 0.2) is 4.40 Å². The Balaban J connectivity index is 2.47. The van der Waals surface area contributed by atoms with Crippen molar-refractivity contribution < 1.29 is 8.49 Å². The van der Waals surface area contributed by atoms with Crippen molar-refractivity contribution in [1.29, 1.82) is 0 Å². The molecule has 0 amide bonds. The molecule has 0 bridgehead atoms. The van der Waals surface area contributed by atoms with E-state index in [1.807, 2.05) is 0 Å². The largest absolute Gasteiger partial charge is 0.342 e. The van der Waals surface area contributed by atoms with E-state index in [1.165, 1.54) is 0 Å². The van der Waals surface area contributed by atoms with Crippen LogP contribution in [0.4, 0.5) is 0 Å². The molecule has 0 spiro atoms. The molecule has 0 saturated heterocycles. The lowest BCUT2D eigenvalue weighted by molar-refractivity contribution is 0.285. The monoisotopic (exact) mass is 178 g/mol. The molecule has 64 valence electrons. The minimum absolute atomic E-state index is 0.453. The van der Waals surface area contributed by atoms with Crippen molar-refractivity contribution in [1.82, 2.24) is 10.4 Å². The van der Waals surface area contributed by atoms with Crippen LogP contribution in [0, 0.1) is 0 Å². The third-order valence-electron chi connectivity index (χ3n) is 1.19. The molecule has 7 heteroatoms. The maximum absolute atomic E-state index is 10.5. The predicted octanol–water partition coefficient (Wildman–Crippen LogP) is -1.65. The standard InChI is InChI=1S/C4H10N4O2S/c1-8(3-2-5)4-6-10-11(9)7-4/h2-3,5H2,1H3,(H,6,7). The Labute approximate surface area is 67.2 Å². The second kappa shape index (κ2) is 3.65. The van der Waals surface area contributed by atoms with Gasteiger partial charge in [-0.1, -0.05) is 0 Å². The van der Waals surface area contributed by atoms with Gasteiger partial charge < -0.3 is 10.6 Å². The summed E-state index contributed by atoms with van der Waals surface area (Å²) in [4.78, 5) is 1.73. The van der Waals surface area contributed by atoms with Gasteiger partial charge in [0.15, 0.2) is 0 Å². The molecule has 1 atom stereocenters. The molecule has 0 saturated carbocycles. The Morgan fingerprint density at radius 1 is 1.91 bits per heavy atom. The fraction of sp³-hybridized carbons (Fsp3) is 0.750. The Morgan fingerprint density at radius 2 is 2.64 bits per heavy atom. The van der Waals surface area contributed by atoms with Gasteiger partial charge >= 0.3 is 11.3 Å². The van der Waals surface area contributed by atoms with Gasteiger partial charge in [0.05, 0.1) is 0 Å². The van der Waals surface area contributed by atoms with Gasteiger partial charge in [-0.3, -0.25) is 0 Å². The van der Waals surface area contributed by atoms with E-state index >= 15 is 0 Å². The van der Waals surface area contributed by atoms with Gasteiger partial charge in [-0.05, 0) is 0 Å². The Hall–Kier alpha value is -0.660. The number of hydrogen-bond donors (Lipinski definition) is 2. The number of rotatable bonds is 2. The molecule has 0 radical (unpaired) electrons. The van der Waals surface area contributed by atoms with E-state index in [4.69, 9.17) is 5.73 Å². The van der Waals surface area contributed by atoms with E-state index in [1.54, 1.807) is 11.9 Å². The van der Waals surface area contributed by atoms with Gasteiger partial charge in [-0.25, -0.2) is 9.69 Å². The van der Waals surface area contributed by atoms with Crippen LogP contribution in [0.25, 0.3) is 0 Å². The van der Waals surface area contributed by atoms with E-state index in [9.17, 15) is 4.21 Å². The van der Waals surface area contributed by atoms with Crippen molar-refractivity contribution in [3.8, 4) is 0 Å². The molecule has 1 heterocycles. The number of nitrogens with zero attached hydrogens (tertiary/aromatic N) is 2. The van der Waals surface area contributed by atoms with Crippen molar-refractivity contribution in [3.05, 3.63) is 0 Å². The molecule has 1 rings (SSSR count). The molecule has 0 aromatic rings. The summed E-state index contributed by atoms with van der Waals surface area (Å²) in [6.45, 7) is 1.16. The van der Waals surface area contributed by atoms with Crippen LogP contribution in [0.1, 0.15) is 0 Å². The first-order valence-electron chi connectivity index (χ1n) is 3.09. The third kappa shape index (κ3) is 2.14. The molecular formula is C4H10N4O2S. The summed E-state index contributed by atoms with van der Waals surface area (Å²) < 4.78 is 18.6. The maximum atomic E-state index is 10.5. The highest BCUT2D eigenvalue weighted by Gasteiger charge is 2.15. The highest BCUT2D eigenvalue weighted by atomic mass is 32.2. The maximum Gasteiger partial charge on any atom is 0.310 e. The zero-order chi connectivity index (χ0) is 8.27. The van der Waals surface area contributed by atoms with Gasteiger partial charge in [0.1, 0.15) is 0 Å². The zero-order valence-electron chi connectivity index (χ0n) is 6.11. The van der Waals surface area contributed by atoms with Crippen LogP contribution in [-0.4, -0.2) is 35.2 Å². The molecule has 0 fully saturated rings. The molecular weight excluding hydrogens is 168 g/mol. The summed E-state index contributed by atoms with van der Waals surface area (Å²) in [6, 6.07) is 0. The van der Waals surface area contributed by atoms with Gasteiger partial charge in [-0.2, -0.15) is 4.28 Å². The summed E-state index contributed by atoms with van der Waals surface area (Å²) in [7, 11) is 1.78. The Bertz CT molecular complexity index is 195. The van der Waals surface area contributed by atoms with Crippen LogP contribution >= 0.6 is 0 Å². The molecule has 3 N–H and O–H groups in total. The van der Waals surface area contributed by atoms with Crippen LogP contribution in [0.5, 0.6) is 0 Å². The molecule has 1 unspecified atom stereocenters. The topological polar surface area (TPSA) is 80.0 Å². The molecule has 1 aliphatic rings. The number of guanidine groups is 1. The second-order valence-corrected chi connectivity index (χ2v) is 2.81. The fourth-order valence-corrected chi connectivity index (χ4v) is 1.13. The number of likely N-dealkylation sites (N-methyl/N-ethyl adjacent to an activating group) is 1. The van der Waals surface area contributed by atoms with E-state index in [2.05, 4.69) is 14.2 Å². The number of nitrogens with one attached hydrogen (secondary N) is 1. The normalized spacial score (nSPS) is 22.7. The SMILES string of the molecule is CN(CCN)C1=NS(=O)ON1. The van der Waals surface area contributed by atoms with Gasteiger partial charge in [0.25, 0.3) is 0 Å². The third-order valence-corrected chi connectivity index (χ3v) is 1.74. The quantitative estimate of drug-likeness (QED) is 0.529. The summed E-state index contributed by atoms with van der Waals surface area (Å²) in [5.41, 5.74) is 7.70. The van der Waals surface area contributed by atoms with Crippen LogP contribution in [-0.2, 0) is 15.6 Å².